The Hall–Kier alpha value is -1.80. The topological polar surface area (TPSA) is 94.0 Å². The number of aliphatic imine (C=N–C) groups is 1. The molecule has 1 fully saturated rings. The fourth-order valence-corrected chi connectivity index (χ4v) is 5.33. The molecule has 1 aromatic carbocycles. The molecule has 1 aliphatic carbocycles. The van der Waals surface area contributed by atoms with Crippen LogP contribution < -0.4 is 10.6 Å². The average molecular weight is 423 g/mol. The Bertz CT molecular complexity index is 831. The Morgan fingerprint density at radius 1 is 1.21 bits per heavy atom. The first-order valence-electron chi connectivity index (χ1n) is 10.8. The highest BCUT2D eigenvalue weighted by molar-refractivity contribution is 7.89. The molecule has 0 bridgehead atoms. The third kappa shape index (κ3) is 5.42. The van der Waals surface area contributed by atoms with Gasteiger partial charge in [-0.1, -0.05) is 6.07 Å². The lowest BCUT2D eigenvalue weighted by atomic mass is 9.88. The van der Waals surface area contributed by atoms with E-state index in [0.717, 1.165) is 50.2 Å². The van der Waals surface area contributed by atoms with E-state index in [-0.39, 0.29) is 11.8 Å². The van der Waals surface area contributed by atoms with Crippen LogP contribution in [0.5, 0.6) is 5.75 Å². The second-order valence-corrected chi connectivity index (χ2v) is 10.1. The second kappa shape index (κ2) is 9.80. The summed E-state index contributed by atoms with van der Waals surface area (Å²) in [7, 11) is -3.11. The number of nitrogens with one attached hydrogen (secondary N) is 2. The van der Waals surface area contributed by atoms with Crippen molar-refractivity contribution in [2.24, 2.45) is 4.99 Å². The molecule has 1 aliphatic heterocycles. The number of piperidine rings is 1. The Balaban J connectivity index is 1.66. The van der Waals surface area contributed by atoms with Crippen LogP contribution in [0.4, 0.5) is 0 Å². The standard InChI is InChI=1S/C21H34N4O3S/c1-3-22-21(24-17-11-13-25(14-12-17)29(27,28)4-2)23-15-19-18-8-6-5-7-16(18)9-10-20(19)26/h9-10,17,26H,3-8,11-15H2,1-2H3,(H2,22,23,24). The van der Waals surface area contributed by atoms with Crippen molar-refractivity contribution in [3.63, 3.8) is 0 Å². The van der Waals surface area contributed by atoms with Crippen molar-refractivity contribution in [2.45, 2.75) is 65.0 Å². The number of benzene rings is 1. The number of nitrogens with zero attached hydrogens (tertiary/aromatic N) is 2. The molecule has 3 rings (SSSR count). The van der Waals surface area contributed by atoms with Crippen molar-refractivity contribution in [2.75, 3.05) is 25.4 Å². The number of fused-ring (bicyclic) bond motifs is 1. The van der Waals surface area contributed by atoms with Gasteiger partial charge < -0.3 is 15.7 Å². The Morgan fingerprint density at radius 2 is 1.93 bits per heavy atom. The second-order valence-electron chi connectivity index (χ2n) is 7.82. The van der Waals surface area contributed by atoms with Crippen molar-refractivity contribution in [1.82, 2.24) is 14.9 Å². The fraction of sp³-hybridized carbons (Fsp3) is 0.667. The van der Waals surface area contributed by atoms with E-state index in [1.807, 2.05) is 13.0 Å². The number of aromatic hydroxyl groups is 1. The molecular formula is C21H34N4O3S. The molecule has 0 radical (unpaired) electrons. The van der Waals surface area contributed by atoms with Crippen molar-refractivity contribution in [1.29, 1.82) is 0 Å². The van der Waals surface area contributed by atoms with Crippen LogP contribution in [0.2, 0.25) is 0 Å². The van der Waals surface area contributed by atoms with E-state index in [2.05, 4.69) is 10.6 Å². The highest BCUT2D eigenvalue weighted by Crippen LogP contribution is 2.31. The largest absolute Gasteiger partial charge is 0.508 e. The molecule has 0 atom stereocenters. The van der Waals surface area contributed by atoms with Crippen LogP contribution in [0, 0.1) is 0 Å². The van der Waals surface area contributed by atoms with Crippen molar-refractivity contribution >= 4 is 16.0 Å². The Morgan fingerprint density at radius 3 is 2.62 bits per heavy atom. The smallest absolute Gasteiger partial charge is 0.213 e. The molecule has 3 N–H and O–H groups in total. The minimum atomic E-state index is -3.11. The van der Waals surface area contributed by atoms with Gasteiger partial charge >= 0.3 is 0 Å². The molecule has 0 unspecified atom stereocenters. The summed E-state index contributed by atoms with van der Waals surface area (Å²) in [5.41, 5.74) is 3.53. The highest BCUT2D eigenvalue weighted by Gasteiger charge is 2.27. The summed E-state index contributed by atoms with van der Waals surface area (Å²) in [6.45, 7) is 5.98. The predicted octanol–water partition coefficient (Wildman–Crippen LogP) is 2.14. The van der Waals surface area contributed by atoms with E-state index < -0.39 is 10.0 Å². The van der Waals surface area contributed by atoms with Crippen LogP contribution in [0.25, 0.3) is 0 Å². The molecule has 162 valence electrons. The number of guanidine groups is 1. The van der Waals surface area contributed by atoms with Gasteiger partial charge in [-0.15, -0.1) is 0 Å². The molecule has 8 heteroatoms. The van der Waals surface area contributed by atoms with E-state index in [0.29, 0.717) is 25.4 Å². The number of rotatable bonds is 6. The zero-order valence-corrected chi connectivity index (χ0v) is 18.4. The lowest BCUT2D eigenvalue weighted by Crippen LogP contribution is -2.50. The van der Waals surface area contributed by atoms with E-state index in [1.165, 1.54) is 17.5 Å². The summed E-state index contributed by atoms with van der Waals surface area (Å²) < 4.78 is 25.7. The number of hydrogen-bond donors (Lipinski definition) is 3. The van der Waals surface area contributed by atoms with Gasteiger partial charge in [0.05, 0.1) is 12.3 Å². The van der Waals surface area contributed by atoms with E-state index >= 15 is 0 Å². The summed E-state index contributed by atoms with van der Waals surface area (Å²) in [4.78, 5) is 4.73. The van der Waals surface area contributed by atoms with Crippen molar-refractivity contribution in [3.8, 4) is 5.75 Å². The van der Waals surface area contributed by atoms with Gasteiger partial charge in [-0.2, -0.15) is 0 Å². The quantitative estimate of drug-likeness (QED) is 0.482. The molecule has 7 nitrogen and oxygen atoms in total. The average Bonchev–Trinajstić information content (AvgIpc) is 2.73. The van der Waals surface area contributed by atoms with Gasteiger partial charge in [-0.25, -0.2) is 17.7 Å². The van der Waals surface area contributed by atoms with Gasteiger partial charge in [-0.3, -0.25) is 0 Å². The molecule has 1 aromatic rings. The van der Waals surface area contributed by atoms with E-state index in [4.69, 9.17) is 4.99 Å². The lowest BCUT2D eigenvalue weighted by Gasteiger charge is -2.32. The molecule has 2 aliphatic rings. The van der Waals surface area contributed by atoms with Crippen molar-refractivity contribution < 1.29 is 13.5 Å². The first-order valence-corrected chi connectivity index (χ1v) is 12.4. The Kier molecular flexibility index (Phi) is 7.40. The lowest BCUT2D eigenvalue weighted by molar-refractivity contribution is 0.306. The van der Waals surface area contributed by atoms with Crippen molar-refractivity contribution in [3.05, 3.63) is 28.8 Å². The molecular weight excluding hydrogens is 388 g/mol. The van der Waals surface area contributed by atoms with Crippen LogP contribution in [0.3, 0.4) is 0 Å². The molecule has 0 amide bonds. The molecule has 0 saturated carbocycles. The first kappa shape index (κ1) is 21.9. The number of sulfonamides is 1. The SMILES string of the molecule is CCNC(=NCc1c(O)ccc2c1CCCC2)NC1CCN(S(=O)(=O)CC)CC1. The predicted molar refractivity (Wildman–Crippen MR) is 117 cm³/mol. The maximum Gasteiger partial charge on any atom is 0.213 e. The summed E-state index contributed by atoms with van der Waals surface area (Å²) in [6.07, 6.45) is 5.96. The molecule has 0 aromatic heterocycles. The molecule has 0 spiro atoms. The van der Waals surface area contributed by atoms with Crippen LogP contribution >= 0.6 is 0 Å². The van der Waals surface area contributed by atoms with Crippen LogP contribution in [-0.2, 0) is 29.4 Å². The summed E-state index contributed by atoms with van der Waals surface area (Å²) in [5.74, 6) is 1.19. The molecule has 1 saturated heterocycles. The molecule has 1 heterocycles. The summed E-state index contributed by atoms with van der Waals surface area (Å²) in [6, 6.07) is 4.02. The van der Waals surface area contributed by atoms with Crippen LogP contribution in [0.15, 0.2) is 17.1 Å². The summed E-state index contributed by atoms with van der Waals surface area (Å²) in [5, 5.41) is 17.1. The number of phenolic OH excluding ortho intramolecular Hbond substituents is 1. The maximum absolute atomic E-state index is 12.0. The fourth-order valence-electron chi connectivity index (χ4n) is 4.20. The summed E-state index contributed by atoms with van der Waals surface area (Å²) >= 11 is 0. The number of aryl methyl sites for hydroxylation is 1. The zero-order valence-electron chi connectivity index (χ0n) is 17.6. The minimum Gasteiger partial charge on any atom is -0.508 e. The van der Waals surface area contributed by atoms with Gasteiger partial charge in [0.15, 0.2) is 5.96 Å². The van der Waals surface area contributed by atoms with E-state index in [9.17, 15) is 13.5 Å². The first-order chi connectivity index (χ1) is 13.9. The Labute approximate surface area is 174 Å². The third-order valence-corrected chi connectivity index (χ3v) is 7.80. The van der Waals surface area contributed by atoms with Gasteiger partial charge in [0.25, 0.3) is 0 Å². The minimum absolute atomic E-state index is 0.153. The number of phenols is 1. The molecule has 29 heavy (non-hydrogen) atoms. The monoisotopic (exact) mass is 422 g/mol. The van der Waals surface area contributed by atoms with Gasteiger partial charge in [0.2, 0.25) is 10.0 Å². The third-order valence-electron chi connectivity index (χ3n) is 5.92. The zero-order chi connectivity index (χ0) is 20.9. The van der Waals surface area contributed by atoms with E-state index in [1.54, 1.807) is 17.3 Å². The highest BCUT2D eigenvalue weighted by atomic mass is 32.2. The maximum atomic E-state index is 12.0. The van der Waals surface area contributed by atoms with Gasteiger partial charge in [-0.05, 0) is 69.6 Å². The van der Waals surface area contributed by atoms with Gasteiger partial charge in [0.1, 0.15) is 5.75 Å². The normalized spacial score (nSPS) is 19.0. The van der Waals surface area contributed by atoms with Gasteiger partial charge in [0, 0.05) is 31.2 Å². The van der Waals surface area contributed by atoms with Crippen LogP contribution in [0.1, 0.15) is 56.2 Å². The van der Waals surface area contributed by atoms with Crippen LogP contribution in [-0.4, -0.2) is 55.2 Å². The number of hydrogen-bond acceptors (Lipinski definition) is 4.